The molecule has 0 atom stereocenters. The van der Waals surface area contributed by atoms with Crippen LogP contribution in [0, 0.1) is 19.3 Å². The van der Waals surface area contributed by atoms with E-state index in [0.717, 1.165) is 47.2 Å². The lowest BCUT2D eigenvalue weighted by Gasteiger charge is -2.36. The number of nitrogens with zero attached hydrogens (tertiary/aromatic N) is 2. The number of hydrogen-bond acceptors (Lipinski definition) is 3. The molecule has 0 bridgehead atoms. The number of aryl methyl sites for hydroxylation is 1. The van der Waals surface area contributed by atoms with Crippen LogP contribution in [0.3, 0.4) is 0 Å². The molecule has 1 aliphatic rings. The van der Waals surface area contributed by atoms with Crippen molar-refractivity contribution in [2.75, 3.05) is 18.5 Å². The van der Waals surface area contributed by atoms with Gasteiger partial charge in [0.25, 0.3) is 0 Å². The Morgan fingerprint density at radius 3 is 2.58 bits per heavy atom. The van der Waals surface area contributed by atoms with Gasteiger partial charge in [0, 0.05) is 36.2 Å². The van der Waals surface area contributed by atoms with E-state index in [0.29, 0.717) is 6.54 Å². The van der Waals surface area contributed by atoms with Gasteiger partial charge in [-0.15, -0.1) is 0 Å². The summed E-state index contributed by atoms with van der Waals surface area (Å²) in [4.78, 5) is 16.2. The van der Waals surface area contributed by atoms with Crippen LogP contribution in [0.5, 0.6) is 0 Å². The van der Waals surface area contributed by atoms with E-state index in [4.69, 9.17) is 4.74 Å². The predicted octanol–water partition coefficient (Wildman–Crippen LogP) is 2.81. The first-order valence-corrected chi connectivity index (χ1v) is 8.28. The van der Waals surface area contributed by atoms with E-state index < -0.39 is 0 Å². The van der Waals surface area contributed by atoms with Gasteiger partial charge < -0.3 is 4.74 Å². The number of halogens is 2. The standard InChI is InChI=1S/C13H18Br2N2O2/c1-9-11(15)10(2)17(12(18)16-9)8-13(7-14)3-5-19-6-4-13/h3-8H2,1-2H3. The molecule has 0 spiro atoms. The van der Waals surface area contributed by atoms with Crippen molar-refractivity contribution < 1.29 is 4.74 Å². The van der Waals surface area contributed by atoms with Gasteiger partial charge in [-0.05, 0) is 42.6 Å². The fourth-order valence-corrected chi connectivity index (χ4v) is 3.48. The van der Waals surface area contributed by atoms with Crippen LogP contribution in [-0.2, 0) is 11.3 Å². The maximum Gasteiger partial charge on any atom is 0.348 e. The summed E-state index contributed by atoms with van der Waals surface area (Å²) in [7, 11) is 0. The van der Waals surface area contributed by atoms with E-state index in [-0.39, 0.29) is 11.1 Å². The maximum atomic E-state index is 12.1. The SMILES string of the molecule is Cc1nc(=O)n(CC2(CBr)CCOCC2)c(C)c1Br. The summed E-state index contributed by atoms with van der Waals surface area (Å²) in [5.74, 6) is 0. The first kappa shape index (κ1) is 15.2. The van der Waals surface area contributed by atoms with E-state index in [9.17, 15) is 4.79 Å². The van der Waals surface area contributed by atoms with E-state index >= 15 is 0 Å². The van der Waals surface area contributed by atoms with Crippen LogP contribution >= 0.6 is 31.9 Å². The fraction of sp³-hybridized carbons (Fsp3) is 0.692. The molecule has 1 fully saturated rings. The van der Waals surface area contributed by atoms with Crippen molar-refractivity contribution in [3.8, 4) is 0 Å². The molecule has 0 radical (unpaired) electrons. The minimum atomic E-state index is -0.162. The topological polar surface area (TPSA) is 44.1 Å². The maximum absolute atomic E-state index is 12.1. The highest BCUT2D eigenvalue weighted by Gasteiger charge is 2.33. The van der Waals surface area contributed by atoms with Crippen LogP contribution in [0.2, 0.25) is 0 Å². The van der Waals surface area contributed by atoms with Crippen LogP contribution < -0.4 is 5.69 Å². The van der Waals surface area contributed by atoms with Crippen molar-refractivity contribution in [2.24, 2.45) is 5.41 Å². The van der Waals surface area contributed by atoms with Gasteiger partial charge >= 0.3 is 5.69 Å². The van der Waals surface area contributed by atoms with Crippen LogP contribution in [-0.4, -0.2) is 28.1 Å². The fourth-order valence-electron chi connectivity index (χ4n) is 2.44. The van der Waals surface area contributed by atoms with Crippen LogP contribution in [0.25, 0.3) is 0 Å². The lowest BCUT2D eigenvalue weighted by atomic mass is 9.82. The monoisotopic (exact) mass is 392 g/mol. The largest absolute Gasteiger partial charge is 0.381 e. The van der Waals surface area contributed by atoms with Crippen molar-refractivity contribution >= 4 is 31.9 Å². The molecule has 0 amide bonds. The molecule has 1 saturated heterocycles. The van der Waals surface area contributed by atoms with Gasteiger partial charge in [0.2, 0.25) is 0 Å². The molecule has 0 N–H and O–H groups in total. The lowest BCUT2D eigenvalue weighted by molar-refractivity contribution is 0.0176. The first-order chi connectivity index (χ1) is 8.99. The molecule has 2 rings (SSSR count). The van der Waals surface area contributed by atoms with E-state index in [2.05, 4.69) is 36.8 Å². The van der Waals surface area contributed by atoms with Crippen LogP contribution in [0.1, 0.15) is 24.2 Å². The van der Waals surface area contributed by atoms with Gasteiger partial charge in [0.15, 0.2) is 0 Å². The molecule has 1 aromatic heterocycles. The molecule has 1 aliphatic heterocycles. The Morgan fingerprint density at radius 1 is 1.37 bits per heavy atom. The second-order valence-corrected chi connectivity index (χ2v) is 6.57. The zero-order valence-corrected chi connectivity index (χ0v) is 14.4. The minimum Gasteiger partial charge on any atom is -0.381 e. The van der Waals surface area contributed by atoms with Gasteiger partial charge in [-0.25, -0.2) is 4.79 Å². The molecule has 106 valence electrons. The highest BCUT2D eigenvalue weighted by Crippen LogP contribution is 2.34. The second kappa shape index (κ2) is 6.06. The molecule has 0 aromatic carbocycles. The Kier molecular flexibility index (Phi) is 4.84. The third kappa shape index (κ3) is 3.11. The second-order valence-electron chi connectivity index (χ2n) is 5.21. The molecule has 6 heteroatoms. The van der Waals surface area contributed by atoms with Crippen molar-refractivity contribution in [1.82, 2.24) is 9.55 Å². The zero-order valence-electron chi connectivity index (χ0n) is 11.2. The lowest BCUT2D eigenvalue weighted by Crippen LogP contribution is -2.40. The third-order valence-electron chi connectivity index (χ3n) is 3.86. The summed E-state index contributed by atoms with van der Waals surface area (Å²) < 4.78 is 8.14. The predicted molar refractivity (Wildman–Crippen MR) is 82.0 cm³/mol. The normalized spacial score (nSPS) is 18.5. The average Bonchev–Trinajstić information content (AvgIpc) is 2.42. The minimum absolute atomic E-state index is 0.0865. The third-order valence-corrected chi connectivity index (χ3v) is 6.20. The van der Waals surface area contributed by atoms with Gasteiger partial charge in [-0.1, -0.05) is 15.9 Å². The Hall–Kier alpha value is -0.200. The number of ether oxygens (including phenoxy) is 1. The Labute approximate surface area is 129 Å². The average molecular weight is 394 g/mol. The van der Waals surface area contributed by atoms with Gasteiger partial charge in [-0.3, -0.25) is 4.57 Å². The summed E-state index contributed by atoms with van der Waals surface area (Å²) in [5, 5.41) is 0.876. The molecule has 4 nitrogen and oxygen atoms in total. The molecule has 1 aromatic rings. The van der Waals surface area contributed by atoms with Crippen molar-refractivity contribution in [2.45, 2.75) is 33.2 Å². The summed E-state index contributed by atoms with van der Waals surface area (Å²) in [6.45, 7) is 6.02. The highest BCUT2D eigenvalue weighted by molar-refractivity contribution is 9.10. The summed E-state index contributed by atoms with van der Waals surface area (Å²) in [6.07, 6.45) is 1.94. The quantitative estimate of drug-likeness (QED) is 0.741. The molecular weight excluding hydrogens is 376 g/mol. The van der Waals surface area contributed by atoms with E-state index in [1.165, 1.54) is 0 Å². The number of hydrogen-bond donors (Lipinski definition) is 0. The van der Waals surface area contributed by atoms with Gasteiger partial charge in [0.05, 0.1) is 10.2 Å². The van der Waals surface area contributed by atoms with Crippen molar-refractivity contribution in [3.05, 3.63) is 26.3 Å². The first-order valence-electron chi connectivity index (χ1n) is 6.36. The number of rotatable bonds is 3. The molecule has 0 aliphatic carbocycles. The number of alkyl halides is 1. The van der Waals surface area contributed by atoms with E-state index in [1.54, 1.807) is 4.57 Å². The summed E-state index contributed by atoms with van der Waals surface area (Å²) in [5.41, 5.74) is 1.62. The smallest absolute Gasteiger partial charge is 0.348 e. The Bertz CT molecular complexity index is 522. The molecule has 2 heterocycles. The van der Waals surface area contributed by atoms with Gasteiger partial charge in [-0.2, -0.15) is 4.98 Å². The summed E-state index contributed by atoms with van der Waals surface area (Å²) in [6, 6.07) is 0. The summed E-state index contributed by atoms with van der Waals surface area (Å²) >= 11 is 7.11. The molecule has 0 saturated carbocycles. The van der Waals surface area contributed by atoms with Crippen molar-refractivity contribution in [1.29, 1.82) is 0 Å². The van der Waals surface area contributed by atoms with Crippen LogP contribution in [0.4, 0.5) is 0 Å². The zero-order chi connectivity index (χ0) is 14.0. The van der Waals surface area contributed by atoms with Crippen LogP contribution in [0.15, 0.2) is 9.27 Å². The number of aromatic nitrogens is 2. The van der Waals surface area contributed by atoms with Crippen molar-refractivity contribution in [3.63, 3.8) is 0 Å². The highest BCUT2D eigenvalue weighted by atomic mass is 79.9. The Morgan fingerprint density at radius 2 is 2.00 bits per heavy atom. The molecule has 0 unspecified atom stereocenters. The Balaban J connectivity index is 2.37. The molecular formula is C13H18Br2N2O2. The van der Waals surface area contributed by atoms with E-state index in [1.807, 2.05) is 13.8 Å². The van der Waals surface area contributed by atoms with Gasteiger partial charge in [0.1, 0.15) is 0 Å². The molecule has 19 heavy (non-hydrogen) atoms.